The minimum Gasteiger partial charge on any atom is -0.481 e. The number of hydrogen-bond acceptors (Lipinski definition) is 3. The molecule has 0 bridgehead atoms. The molecule has 0 aliphatic heterocycles. The van der Waals surface area contributed by atoms with E-state index in [1.807, 2.05) is 6.92 Å². The van der Waals surface area contributed by atoms with Crippen molar-refractivity contribution in [2.75, 3.05) is 0 Å². The van der Waals surface area contributed by atoms with E-state index in [0.717, 1.165) is 19.1 Å². The molecule has 120 valence electrons. The van der Waals surface area contributed by atoms with Crippen LogP contribution in [0.15, 0.2) is 0 Å². The molecule has 1 saturated carbocycles. The standard InChI is InChI=1S/C16H27NO4/c1-11(12(2)17-13(3)19)5-4-7-16(15(20)21)8-6-14(9-16)10-18/h10-12,14H,4-9H2,1-3H3,(H,17,19)(H,20,21). The molecule has 0 radical (unpaired) electrons. The lowest BCUT2D eigenvalue weighted by Gasteiger charge is -2.26. The molecule has 4 unspecified atom stereocenters. The summed E-state index contributed by atoms with van der Waals surface area (Å²) in [4.78, 5) is 33.5. The molecule has 1 fully saturated rings. The van der Waals surface area contributed by atoms with E-state index in [2.05, 4.69) is 12.2 Å². The Morgan fingerprint density at radius 3 is 2.57 bits per heavy atom. The number of rotatable bonds is 8. The maximum atomic E-state index is 11.6. The summed E-state index contributed by atoms with van der Waals surface area (Å²) in [5.74, 6) is -0.602. The van der Waals surface area contributed by atoms with Crippen LogP contribution in [-0.4, -0.2) is 29.3 Å². The highest BCUT2D eigenvalue weighted by Crippen LogP contribution is 2.45. The first kappa shape index (κ1) is 17.7. The van der Waals surface area contributed by atoms with Crippen molar-refractivity contribution in [3.63, 3.8) is 0 Å². The Hall–Kier alpha value is -1.39. The summed E-state index contributed by atoms with van der Waals surface area (Å²) < 4.78 is 0. The minimum absolute atomic E-state index is 0.0408. The molecule has 5 heteroatoms. The Bertz CT molecular complexity index is 396. The highest BCUT2D eigenvalue weighted by Gasteiger charge is 2.44. The Morgan fingerprint density at radius 1 is 1.43 bits per heavy atom. The first-order chi connectivity index (χ1) is 9.80. The van der Waals surface area contributed by atoms with E-state index in [1.165, 1.54) is 6.92 Å². The van der Waals surface area contributed by atoms with Gasteiger partial charge in [0.1, 0.15) is 6.29 Å². The summed E-state index contributed by atoms with van der Waals surface area (Å²) in [5, 5.41) is 12.4. The van der Waals surface area contributed by atoms with Crippen LogP contribution in [0.1, 0.15) is 59.3 Å². The first-order valence-electron chi connectivity index (χ1n) is 7.76. The van der Waals surface area contributed by atoms with E-state index in [4.69, 9.17) is 0 Å². The van der Waals surface area contributed by atoms with Crippen molar-refractivity contribution >= 4 is 18.2 Å². The van der Waals surface area contributed by atoms with Crippen LogP contribution in [0.2, 0.25) is 0 Å². The third-order valence-corrected chi connectivity index (χ3v) is 4.89. The summed E-state index contributed by atoms with van der Waals surface area (Å²) in [7, 11) is 0. The van der Waals surface area contributed by atoms with E-state index in [0.29, 0.717) is 31.6 Å². The Kier molecular flexibility index (Phi) is 6.37. The van der Waals surface area contributed by atoms with Crippen LogP contribution >= 0.6 is 0 Å². The van der Waals surface area contributed by atoms with E-state index < -0.39 is 11.4 Å². The summed E-state index contributed by atoms with van der Waals surface area (Å²) in [5.41, 5.74) is -0.720. The summed E-state index contributed by atoms with van der Waals surface area (Å²) in [6, 6.07) is 0.0922. The van der Waals surface area contributed by atoms with Crippen LogP contribution in [0.4, 0.5) is 0 Å². The van der Waals surface area contributed by atoms with Gasteiger partial charge in [-0.1, -0.05) is 13.3 Å². The molecule has 5 nitrogen and oxygen atoms in total. The fourth-order valence-corrected chi connectivity index (χ4v) is 3.29. The molecule has 2 N–H and O–H groups in total. The number of carboxylic acids is 1. The highest BCUT2D eigenvalue weighted by atomic mass is 16.4. The smallest absolute Gasteiger partial charge is 0.309 e. The second-order valence-electron chi connectivity index (χ2n) is 6.58. The first-order valence-corrected chi connectivity index (χ1v) is 7.76. The SMILES string of the molecule is CC(=O)NC(C)C(C)CCCC1(C(=O)O)CCC(C=O)C1. The second kappa shape index (κ2) is 7.57. The van der Waals surface area contributed by atoms with Gasteiger partial charge in [0.05, 0.1) is 5.41 Å². The normalized spacial score (nSPS) is 27.9. The number of aldehydes is 1. The monoisotopic (exact) mass is 297 g/mol. The summed E-state index contributed by atoms with van der Waals surface area (Å²) in [6.45, 7) is 5.54. The van der Waals surface area contributed by atoms with Crippen molar-refractivity contribution in [2.24, 2.45) is 17.3 Å². The number of hydrogen-bond donors (Lipinski definition) is 2. The van der Waals surface area contributed by atoms with Gasteiger partial charge in [0.15, 0.2) is 0 Å². The van der Waals surface area contributed by atoms with Crippen LogP contribution < -0.4 is 5.32 Å². The lowest BCUT2D eigenvalue weighted by Crippen LogP contribution is -2.35. The molecule has 1 amide bonds. The van der Waals surface area contributed by atoms with Crippen molar-refractivity contribution in [3.05, 3.63) is 0 Å². The van der Waals surface area contributed by atoms with Gasteiger partial charge in [-0.15, -0.1) is 0 Å². The largest absolute Gasteiger partial charge is 0.481 e. The molecule has 1 aliphatic rings. The predicted octanol–water partition coefficient (Wildman–Crippen LogP) is 2.39. The summed E-state index contributed by atoms with van der Waals surface area (Å²) >= 11 is 0. The van der Waals surface area contributed by atoms with Crippen molar-refractivity contribution in [3.8, 4) is 0 Å². The summed E-state index contributed by atoms with van der Waals surface area (Å²) in [6.07, 6.45) is 4.96. The van der Waals surface area contributed by atoms with Crippen LogP contribution in [0.25, 0.3) is 0 Å². The average Bonchev–Trinajstić information content (AvgIpc) is 2.82. The zero-order valence-corrected chi connectivity index (χ0v) is 13.2. The quantitative estimate of drug-likeness (QED) is 0.674. The van der Waals surface area contributed by atoms with Crippen LogP contribution in [-0.2, 0) is 14.4 Å². The predicted molar refractivity (Wildman–Crippen MR) is 79.8 cm³/mol. The zero-order chi connectivity index (χ0) is 16.0. The third-order valence-electron chi connectivity index (χ3n) is 4.89. The van der Waals surface area contributed by atoms with Crippen molar-refractivity contribution in [2.45, 2.75) is 65.3 Å². The maximum Gasteiger partial charge on any atom is 0.309 e. The molecular weight excluding hydrogens is 270 g/mol. The molecule has 4 atom stereocenters. The van der Waals surface area contributed by atoms with Crippen molar-refractivity contribution in [1.82, 2.24) is 5.32 Å². The van der Waals surface area contributed by atoms with Crippen LogP contribution in [0.5, 0.6) is 0 Å². The van der Waals surface area contributed by atoms with Gasteiger partial charge < -0.3 is 15.2 Å². The highest BCUT2D eigenvalue weighted by molar-refractivity contribution is 5.76. The fraction of sp³-hybridized carbons (Fsp3) is 0.812. The molecular formula is C16H27NO4. The van der Waals surface area contributed by atoms with Gasteiger partial charge in [0, 0.05) is 18.9 Å². The number of carbonyl (C=O) groups excluding carboxylic acids is 2. The minimum atomic E-state index is -0.769. The number of carbonyl (C=O) groups is 3. The molecule has 1 rings (SSSR count). The third kappa shape index (κ3) is 4.83. The average molecular weight is 297 g/mol. The Morgan fingerprint density at radius 2 is 2.10 bits per heavy atom. The maximum absolute atomic E-state index is 11.6. The topological polar surface area (TPSA) is 83.5 Å². The molecule has 0 aromatic carbocycles. The number of amides is 1. The number of carboxylic acid groups (broad SMARTS) is 1. The zero-order valence-electron chi connectivity index (χ0n) is 13.2. The molecule has 0 heterocycles. The fourth-order valence-electron chi connectivity index (χ4n) is 3.29. The van der Waals surface area contributed by atoms with E-state index in [9.17, 15) is 19.5 Å². The Labute approximate surface area is 126 Å². The lowest BCUT2D eigenvalue weighted by atomic mass is 9.79. The van der Waals surface area contributed by atoms with Gasteiger partial charge in [-0.2, -0.15) is 0 Å². The molecule has 0 spiro atoms. The van der Waals surface area contributed by atoms with E-state index >= 15 is 0 Å². The lowest BCUT2D eigenvalue weighted by molar-refractivity contribution is -0.149. The molecule has 21 heavy (non-hydrogen) atoms. The molecule has 0 aromatic rings. The van der Waals surface area contributed by atoms with Gasteiger partial charge in [0.2, 0.25) is 5.91 Å². The van der Waals surface area contributed by atoms with Gasteiger partial charge in [-0.05, 0) is 44.9 Å². The van der Waals surface area contributed by atoms with Crippen LogP contribution in [0.3, 0.4) is 0 Å². The van der Waals surface area contributed by atoms with E-state index in [1.54, 1.807) is 0 Å². The number of aliphatic carboxylic acids is 1. The molecule has 0 aromatic heterocycles. The molecule has 0 saturated heterocycles. The van der Waals surface area contributed by atoms with Crippen molar-refractivity contribution < 1.29 is 19.5 Å². The number of nitrogens with one attached hydrogen (secondary N) is 1. The molecule has 1 aliphatic carbocycles. The Balaban J connectivity index is 2.47. The second-order valence-corrected chi connectivity index (χ2v) is 6.58. The van der Waals surface area contributed by atoms with E-state index in [-0.39, 0.29) is 17.9 Å². The van der Waals surface area contributed by atoms with Crippen molar-refractivity contribution in [1.29, 1.82) is 0 Å². The van der Waals surface area contributed by atoms with Gasteiger partial charge in [0.25, 0.3) is 0 Å². The van der Waals surface area contributed by atoms with Crippen LogP contribution in [0, 0.1) is 17.3 Å². The van der Waals surface area contributed by atoms with Gasteiger partial charge >= 0.3 is 5.97 Å². The van der Waals surface area contributed by atoms with Gasteiger partial charge in [-0.3, -0.25) is 9.59 Å². The van der Waals surface area contributed by atoms with Gasteiger partial charge in [-0.25, -0.2) is 0 Å².